The monoisotopic (exact) mass is 291 g/mol. The predicted molar refractivity (Wildman–Crippen MR) is 76.4 cm³/mol. The zero-order valence-electron chi connectivity index (χ0n) is 12.1. The number of halogens is 1. The minimum Gasteiger partial charge on any atom is -0.465 e. The third-order valence-electron chi connectivity index (χ3n) is 3.21. The second-order valence-electron chi connectivity index (χ2n) is 4.69. The molecule has 0 aliphatic rings. The second kappa shape index (κ2) is 6.99. The van der Waals surface area contributed by atoms with E-state index >= 15 is 0 Å². The maximum absolute atomic E-state index is 13.7. The molecule has 0 spiro atoms. The summed E-state index contributed by atoms with van der Waals surface area (Å²) in [6.07, 6.45) is 4.46. The van der Waals surface area contributed by atoms with Gasteiger partial charge in [-0.05, 0) is 17.7 Å². The van der Waals surface area contributed by atoms with Crippen molar-refractivity contribution in [2.75, 3.05) is 13.7 Å². The van der Waals surface area contributed by atoms with Gasteiger partial charge in [-0.3, -0.25) is 0 Å². The van der Waals surface area contributed by atoms with Crippen LogP contribution in [0, 0.1) is 5.82 Å². The number of aromatic nitrogens is 2. The molecule has 5 nitrogen and oxygen atoms in total. The van der Waals surface area contributed by atoms with E-state index in [1.165, 1.54) is 19.2 Å². The summed E-state index contributed by atoms with van der Waals surface area (Å²) in [5.74, 6) is -0.234. The molecule has 0 saturated carbocycles. The quantitative estimate of drug-likeness (QED) is 0.650. The van der Waals surface area contributed by atoms with E-state index in [2.05, 4.69) is 15.0 Å². The van der Waals surface area contributed by atoms with E-state index in [4.69, 9.17) is 0 Å². The van der Waals surface area contributed by atoms with Crippen molar-refractivity contribution in [3.8, 4) is 0 Å². The van der Waals surface area contributed by atoms with Gasteiger partial charge in [0.1, 0.15) is 11.6 Å². The van der Waals surface area contributed by atoms with Crippen LogP contribution in [0.25, 0.3) is 0 Å². The van der Waals surface area contributed by atoms with Gasteiger partial charge >= 0.3 is 5.97 Å². The van der Waals surface area contributed by atoms with Crippen molar-refractivity contribution in [1.82, 2.24) is 14.9 Å². The number of hydrogen-bond donors (Lipinski definition) is 1. The summed E-state index contributed by atoms with van der Waals surface area (Å²) >= 11 is 0. The Labute approximate surface area is 122 Å². The van der Waals surface area contributed by atoms with E-state index in [-0.39, 0.29) is 5.56 Å². The standard InChI is InChI=1S/C15H18FN3O2/c1-19-8-7-18-14(19)5-6-17-10-11-3-4-12(13(16)9-11)15(20)21-2/h3-4,7-9,17H,5-6,10H2,1-2H3. The largest absolute Gasteiger partial charge is 0.465 e. The first-order valence-electron chi connectivity index (χ1n) is 6.65. The van der Waals surface area contributed by atoms with Crippen molar-refractivity contribution in [3.05, 3.63) is 53.4 Å². The molecule has 2 aromatic rings. The first kappa shape index (κ1) is 15.2. The van der Waals surface area contributed by atoms with Gasteiger partial charge in [0.25, 0.3) is 0 Å². The number of esters is 1. The topological polar surface area (TPSA) is 56.1 Å². The van der Waals surface area contributed by atoms with Crippen molar-refractivity contribution >= 4 is 5.97 Å². The van der Waals surface area contributed by atoms with Crippen molar-refractivity contribution in [2.24, 2.45) is 7.05 Å². The number of nitrogens with one attached hydrogen (secondary N) is 1. The minimum absolute atomic E-state index is 0.0470. The molecule has 0 saturated heterocycles. The fourth-order valence-electron chi connectivity index (χ4n) is 2.01. The summed E-state index contributed by atoms with van der Waals surface area (Å²) in [5, 5.41) is 3.22. The Bertz CT molecular complexity index is 625. The fraction of sp³-hybridized carbons (Fsp3) is 0.333. The molecule has 2 rings (SSSR count). The van der Waals surface area contributed by atoms with Gasteiger partial charge in [0.15, 0.2) is 0 Å². The van der Waals surface area contributed by atoms with Crippen LogP contribution in [0.2, 0.25) is 0 Å². The number of rotatable bonds is 6. The molecule has 1 heterocycles. The highest BCUT2D eigenvalue weighted by Gasteiger charge is 2.12. The Morgan fingerprint density at radius 3 is 2.90 bits per heavy atom. The van der Waals surface area contributed by atoms with Gasteiger partial charge < -0.3 is 14.6 Å². The normalized spacial score (nSPS) is 10.6. The van der Waals surface area contributed by atoms with Crippen LogP contribution in [0.5, 0.6) is 0 Å². The molecule has 1 aromatic carbocycles. The first-order valence-corrected chi connectivity index (χ1v) is 6.65. The minimum atomic E-state index is -0.665. The molecule has 1 aromatic heterocycles. The first-order chi connectivity index (χ1) is 10.1. The Morgan fingerprint density at radius 2 is 2.29 bits per heavy atom. The van der Waals surface area contributed by atoms with Gasteiger partial charge in [-0.15, -0.1) is 0 Å². The van der Waals surface area contributed by atoms with E-state index in [0.29, 0.717) is 6.54 Å². The Morgan fingerprint density at radius 1 is 1.48 bits per heavy atom. The Kier molecular flexibility index (Phi) is 5.05. The number of nitrogens with zero attached hydrogens (tertiary/aromatic N) is 2. The molecule has 0 aliphatic carbocycles. The number of benzene rings is 1. The Hall–Kier alpha value is -2.21. The summed E-state index contributed by atoms with van der Waals surface area (Å²) in [7, 11) is 3.18. The van der Waals surface area contributed by atoms with Crippen LogP contribution in [0.4, 0.5) is 4.39 Å². The average molecular weight is 291 g/mol. The number of hydrogen-bond acceptors (Lipinski definition) is 4. The fourth-order valence-corrected chi connectivity index (χ4v) is 2.01. The molecule has 0 fully saturated rings. The summed E-state index contributed by atoms with van der Waals surface area (Å²) in [4.78, 5) is 15.5. The van der Waals surface area contributed by atoms with Gasteiger partial charge in [0.05, 0.1) is 12.7 Å². The molecule has 0 unspecified atom stereocenters. The molecular formula is C15H18FN3O2. The third-order valence-corrected chi connectivity index (χ3v) is 3.21. The lowest BCUT2D eigenvalue weighted by molar-refractivity contribution is 0.0595. The summed E-state index contributed by atoms with van der Waals surface area (Å²) in [6.45, 7) is 1.27. The highest BCUT2D eigenvalue weighted by molar-refractivity contribution is 5.89. The van der Waals surface area contributed by atoms with Crippen molar-refractivity contribution in [1.29, 1.82) is 0 Å². The molecule has 0 radical (unpaired) electrons. The van der Waals surface area contributed by atoms with E-state index in [9.17, 15) is 9.18 Å². The van der Waals surface area contributed by atoms with Crippen molar-refractivity contribution in [2.45, 2.75) is 13.0 Å². The molecule has 1 N–H and O–H groups in total. The maximum Gasteiger partial charge on any atom is 0.340 e. The van der Waals surface area contributed by atoms with Crippen LogP contribution in [0.3, 0.4) is 0 Å². The average Bonchev–Trinajstić information content (AvgIpc) is 2.88. The van der Waals surface area contributed by atoms with Crippen LogP contribution in [0.15, 0.2) is 30.6 Å². The molecule has 112 valence electrons. The lowest BCUT2D eigenvalue weighted by atomic mass is 10.1. The summed E-state index contributed by atoms with van der Waals surface area (Å²) in [6, 6.07) is 4.50. The number of carbonyl (C=O) groups excluding carboxylic acids is 1. The number of ether oxygens (including phenoxy) is 1. The molecule has 0 atom stereocenters. The number of imidazole rings is 1. The highest BCUT2D eigenvalue weighted by atomic mass is 19.1. The van der Waals surface area contributed by atoms with Crippen molar-refractivity contribution in [3.63, 3.8) is 0 Å². The Balaban J connectivity index is 1.85. The molecule has 21 heavy (non-hydrogen) atoms. The summed E-state index contributed by atoms with van der Waals surface area (Å²) in [5.41, 5.74) is 0.731. The molecule has 0 amide bonds. The second-order valence-corrected chi connectivity index (χ2v) is 4.69. The lowest BCUT2D eigenvalue weighted by Crippen LogP contribution is -2.18. The van der Waals surface area contributed by atoms with Crippen LogP contribution in [-0.4, -0.2) is 29.2 Å². The van der Waals surface area contributed by atoms with Gasteiger partial charge in [-0.25, -0.2) is 14.2 Å². The third kappa shape index (κ3) is 3.88. The maximum atomic E-state index is 13.7. The van der Waals surface area contributed by atoms with Gasteiger partial charge in [0.2, 0.25) is 0 Å². The van der Waals surface area contributed by atoms with Gasteiger partial charge in [-0.1, -0.05) is 6.07 Å². The lowest BCUT2D eigenvalue weighted by Gasteiger charge is -2.07. The van der Waals surface area contributed by atoms with E-state index in [1.54, 1.807) is 12.3 Å². The van der Waals surface area contributed by atoms with Crippen LogP contribution in [-0.2, 0) is 24.8 Å². The molecule has 0 aliphatic heterocycles. The van der Waals surface area contributed by atoms with Gasteiger partial charge in [0, 0.05) is 39.0 Å². The zero-order valence-corrected chi connectivity index (χ0v) is 12.1. The van der Waals surface area contributed by atoms with E-state index in [0.717, 1.165) is 24.4 Å². The molecular weight excluding hydrogens is 273 g/mol. The van der Waals surface area contributed by atoms with Crippen molar-refractivity contribution < 1.29 is 13.9 Å². The van der Waals surface area contributed by atoms with E-state index in [1.807, 2.05) is 17.8 Å². The predicted octanol–water partition coefficient (Wildman–Crippen LogP) is 1.68. The van der Waals surface area contributed by atoms with Crippen LogP contribution >= 0.6 is 0 Å². The van der Waals surface area contributed by atoms with Gasteiger partial charge in [-0.2, -0.15) is 0 Å². The number of carbonyl (C=O) groups is 1. The molecule has 6 heteroatoms. The smallest absolute Gasteiger partial charge is 0.340 e. The van der Waals surface area contributed by atoms with E-state index < -0.39 is 11.8 Å². The SMILES string of the molecule is COC(=O)c1ccc(CNCCc2nccn2C)cc1F. The van der Waals surface area contributed by atoms with Crippen LogP contribution in [0.1, 0.15) is 21.7 Å². The zero-order chi connectivity index (χ0) is 15.2. The highest BCUT2D eigenvalue weighted by Crippen LogP contribution is 2.11. The van der Waals surface area contributed by atoms with Crippen LogP contribution < -0.4 is 5.32 Å². The number of aryl methyl sites for hydroxylation is 1. The summed E-state index contributed by atoms with van der Waals surface area (Å²) < 4.78 is 20.2. The molecule has 0 bridgehead atoms. The number of methoxy groups -OCH3 is 1.